The summed E-state index contributed by atoms with van der Waals surface area (Å²) in [6.45, 7) is 3.88. The number of benzene rings is 1. The van der Waals surface area contributed by atoms with Crippen LogP contribution in [0.1, 0.15) is 33.1 Å². The maximum Gasteiger partial charge on any atom is 0.334 e. The van der Waals surface area contributed by atoms with Gasteiger partial charge >= 0.3 is 5.97 Å². The molecule has 0 radical (unpaired) electrons. The molecular formula is C16H17BrO3S. The van der Waals surface area contributed by atoms with Crippen molar-refractivity contribution < 1.29 is 14.3 Å². The molecule has 0 bridgehead atoms. The molecule has 1 aliphatic heterocycles. The third-order valence-electron chi connectivity index (χ3n) is 3.31. The second-order valence-electron chi connectivity index (χ2n) is 4.96. The molecule has 0 aliphatic carbocycles. The molecule has 0 spiro atoms. The first kappa shape index (κ1) is 16.3. The molecule has 0 saturated carbocycles. The van der Waals surface area contributed by atoms with E-state index in [-0.39, 0.29) is 23.6 Å². The fourth-order valence-electron chi connectivity index (χ4n) is 2.28. The molecule has 1 heterocycles. The normalized spacial score (nSPS) is 18.6. The van der Waals surface area contributed by atoms with Crippen LogP contribution >= 0.6 is 27.7 Å². The van der Waals surface area contributed by atoms with Gasteiger partial charge in [0.25, 0.3) is 0 Å². The van der Waals surface area contributed by atoms with E-state index >= 15 is 0 Å². The highest BCUT2D eigenvalue weighted by molar-refractivity contribution is 9.10. The number of cyclic esters (lactones) is 1. The molecule has 2 rings (SSSR count). The summed E-state index contributed by atoms with van der Waals surface area (Å²) in [5.41, 5.74) is 1.59. The van der Waals surface area contributed by atoms with Crippen molar-refractivity contribution in [2.75, 3.05) is 0 Å². The molecule has 0 aromatic heterocycles. The maximum atomic E-state index is 12.2. The SMILES string of the molecule is CCC1=C(CC(=O)Sc2ccc(Br)cc2)C(=O)OC(C)C1. The summed E-state index contributed by atoms with van der Waals surface area (Å²) >= 11 is 4.52. The summed E-state index contributed by atoms with van der Waals surface area (Å²) in [6.07, 6.45) is 1.55. The van der Waals surface area contributed by atoms with Crippen LogP contribution in [0.3, 0.4) is 0 Å². The average molecular weight is 369 g/mol. The standard InChI is InChI=1S/C16H17BrO3S/c1-3-11-8-10(2)20-16(19)14(11)9-15(18)21-13-6-4-12(17)5-7-13/h4-7,10H,3,8-9H2,1-2H3. The fraction of sp³-hybridized carbons (Fsp3) is 0.375. The zero-order chi connectivity index (χ0) is 15.4. The van der Waals surface area contributed by atoms with Crippen molar-refractivity contribution in [2.45, 2.75) is 44.1 Å². The van der Waals surface area contributed by atoms with Crippen molar-refractivity contribution in [2.24, 2.45) is 0 Å². The van der Waals surface area contributed by atoms with Gasteiger partial charge in [0.05, 0.1) is 0 Å². The molecule has 1 aliphatic rings. The largest absolute Gasteiger partial charge is 0.459 e. The van der Waals surface area contributed by atoms with Crippen molar-refractivity contribution in [3.8, 4) is 0 Å². The number of halogens is 1. The van der Waals surface area contributed by atoms with Crippen LogP contribution in [0.15, 0.2) is 44.8 Å². The lowest BCUT2D eigenvalue weighted by Gasteiger charge is -2.23. The summed E-state index contributed by atoms with van der Waals surface area (Å²) < 4.78 is 6.21. The van der Waals surface area contributed by atoms with Gasteiger partial charge in [0.2, 0.25) is 0 Å². The Morgan fingerprint density at radius 1 is 1.38 bits per heavy atom. The smallest absolute Gasteiger partial charge is 0.334 e. The predicted molar refractivity (Wildman–Crippen MR) is 87.1 cm³/mol. The minimum atomic E-state index is -0.338. The summed E-state index contributed by atoms with van der Waals surface area (Å²) in [5.74, 6) is -0.338. The van der Waals surface area contributed by atoms with E-state index in [9.17, 15) is 9.59 Å². The molecule has 0 fully saturated rings. The van der Waals surface area contributed by atoms with Crippen LogP contribution in [0.5, 0.6) is 0 Å². The van der Waals surface area contributed by atoms with Crippen LogP contribution < -0.4 is 0 Å². The molecule has 5 heteroatoms. The highest BCUT2D eigenvalue weighted by Crippen LogP contribution is 2.30. The van der Waals surface area contributed by atoms with E-state index in [1.165, 1.54) is 0 Å². The highest BCUT2D eigenvalue weighted by atomic mass is 79.9. The fourth-order valence-corrected chi connectivity index (χ4v) is 3.30. The second-order valence-corrected chi connectivity index (χ2v) is 7.01. The van der Waals surface area contributed by atoms with Crippen molar-refractivity contribution >= 4 is 38.8 Å². The first-order chi connectivity index (χ1) is 9.99. The molecule has 3 nitrogen and oxygen atoms in total. The van der Waals surface area contributed by atoms with Crippen LogP contribution in [-0.2, 0) is 14.3 Å². The van der Waals surface area contributed by atoms with Gasteiger partial charge in [0, 0.05) is 27.8 Å². The quantitative estimate of drug-likeness (QED) is 0.579. The van der Waals surface area contributed by atoms with Crippen LogP contribution in [0, 0.1) is 0 Å². The van der Waals surface area contributed by atoms with Gasteiger partial charge in [-0.25, -0.2) is 4.79 Å². The Morgan fingerprint density at radius 3 is 2.67 bits per heavy atom. The van der Waals surface area contributed by atoms with Crippen LogP contribution in [-0.4, -0.2) is 17.2 Å². The lowest BCUT2D eigenvalue weighted by atomic mass is 9.95. The van der Waals surface area contributed by atoms with Gasteiger partial charge in [-0.2, -0.15) is 0 Å². The predicted octanol–water partition coefficient (Wildman–Crippen LogP) is 4.50. The Morgan fingerprint density at radius 2 is 2.05 bits per heavy atom. The Labute approximate surface area is 137 Å². The van der Waals surface area contributed by atoms with E-state index in [0.29, 0.717) is 5.57 Å². The van der Waals surface area contributed by atoms with E-state index < -0.39 is 0 Å². The third kappa shape index (κ3) is 4.45. The monoisotopic (exact) mass is 368 g/mol. The minimum absolute atomic E-state index is 0.0372. The molecule has 1 aromatic carbocycles. The number of carbonyl (C=O) groups excluding carboxylic acids is 2. The number of thioether (sulfide) groups is 1. The first-order valence-electron chi connectivity index (χ1n) is 6.87. The van der Waals surface area contributed by atoms with Gasteiger partial charge in [-0.3, -0.25) is 4.79 Å². The van der Waals surface area contributed by atoms with Gasteiger partial charge in [-0.05, 0) is 37.6 Å². The number of esters is 1. The van der Waals surface area contributed by atoms with Crippen molar-refractivity contribution in [3.05, 3.63) is 39.9 Å². The summed E-state index contributed by atoms with van der Waals surface area (Å²) in [7, 11) is 0. The zero-order valence-corrected chi connectivity index (χ0v) is 14.4. The molecule has 112 valence electrons. The molecule has 1 unspecified atom stereocenters. The molecule has 0 amide bonds. The molecule has 0 saturated heterocycles. The van der Waals surface area contributed by atoms with Gasteiger partial charge < -0.3 is 4.74 Å². The summed E-state index contributed by atoms with van der Waals surface area (Å²) in [5, 5.41) is -0.0372. The molecule has 0 N–H and O–H groups in total. The Balaban J connectivity index is 2.07. The van der Waals surface area contributed by atoms with Gasteiger partial charge in [0.15, 0.2) is 5.12 Å². The summed E-state index contributed by atoms with van der Waals surface area (Å²) in [4.78, 5) is 25.0. The maximum absolute atomic E-state index is 12.2. The number of hydrogen-bond acceptors (Lipinski definition) is 4. The van der Waals surface area contributed by atoms with E-state index in [1.54, 1.807) is 0 Å². The Kier molecular flexibility index (Phi) is 5.65. The van der Waals surface area contributed by atoms with E-state index in [0.717, 1.165) is 39.5 Å². The summed E-state index contributed by atoms with van der Waals surface area (Å²) in [6, 6.07) is 7.54. The Bertz CT molecular complexity index is 578. The van der Waals surface area contributed by atoms with Crippen LogP contribution in [0.2, 0.25) is 0 Å². The lowest BCUT2D eigenvalue weighted by molar-refractivity contribution is -0.145. The number of ether oxygens (including phenoxy) is 1. The number of hydrogen-bond donors (Lipinski definition) is 0. The van der Waals surface area contributed by atoms with E-state index in [2.05, 4.69) is 15.9 Å². The molecule has 1 aromatic rings. The zero-order valence-electron chi connectivity index (χ0n) is 12.0. The van der Waals surface area contributed by atoms with Gasteiger partial charge in [-0.1, -0.05) is 40.2 Å². The topological polar surface area (TPSA) is 43.4 Å². The van der Waals surface area contributed by atoms with E-state index in [1.807, 2.05) is 38.1 Å². The Hall–Kier alpha value is -1.07. The molecular weight excluding hydrogens is 352 g/mol. The molecule has 1 atom stereocenters. The number of rotatable bonds is 4. The first-order valence-corrected chi connectivity index (χ1v) is 8.48. The van der Waals surface area contributed by atoms with Crippen molar-refractivity contribution in [1.29, 1.82) is 0 Å². The van der Waals surface area contributed by atoms with Crippen LogP contribution in [0.4, 0.5) is 0 Å². The van der Waals surface area contributed by atoms with E-state index in [4.69, 9.17) is 4.74 Å². The lowest BCUT2D eigenvalue weighted by Crippen LogP contribution is -2.25. The highest BCUT2D eigenvalue weighted by Gasteiger charge is 2.27. The average Bonchev–Trinajstić information content (AvgIpc) is 2.44. The molecule has 21 heavy (non-hydrogen) atoms. The van der Waals surface area contributed by atoms with Gasteiger partial charge in [0.1, 0.15) is 6.10 Å². The number of carbonyl (C=O) groups is 2. The van der Waals surface area contributed by atoms with Crippen LogP contribution in [0.25, 0.3) is 0 Å². The van der Waals surface area contributed by atoms with Gasteiger partial charge in [-0.15, -0.1) is 0 Å². The second kappa shape index (κ2) is 7.27. The van der Waals surface area contributed by atoms with Crippen molar-refractivity contribution in [3.63, 3.8) is 0 Å². The minimum Gasteiger partial charge on any atom is -0.459 e. The van der Waals surface area contributed by atoms with Crippen molar-refractivity contribution in [1.82, 2.24) is 0 Å². The third-order valence-corrected chi connectivity index (χ3v) is 4.72.